The normalized spacial score (nSPS) is 33.2. The summed E-state index contributed by atoms with van der Waals surface area (Å²) in [5.74, 6) is 2.41. The molecule has 3 aromatic carbocycles. The van der Waals surface area contributed by atoms with Gasteiger partial charge in [-0.25, -0.2) is 4.79 Å². The van der Waals surface area contributed by atoms with Gasteiger partial charge in [0.1, 0.15) is 5.54 Å². The Kier molecular flexibility index (Phi) is 9.21. The standard InChI is InChI=1S/C43H53N5O5/c1-28-37(25-47-16-14-43(15-17-47)40(50)44-27-48(43)36-8-3-2-4-9-36)52-39(53-38(28)33-12-10-29(26-49)11-13-33)34-6-5-7-35(21-34)45-41(51)46-42-22-30-18-31(23-42)20-32(19-30)24-42/h2-13,21,28,30-32,37-39,49H,14-20,22-27H2,1H3,(H,44,50)(H2,45,46,51)/t28-,30?,31?,32?,37+,38+,39+,42?/m0/s1. The molecule has 4 atom stereocenters. The quantitative estimate of drug-likeness (QED) is 0.211. The van der Waals surface area contributed by atoms with Crippen LogP contribution in [0.15, 0.2) is 78.9 Å². The zero-order chi connectivity index (χ0) is 36.2. The Labute approximate surface area is 312 Å². The molecule has 0 radical (unpaired) electrons. The van der Waals surface area contributed by atoms with Crippen LogP contribution in [0.5, 0.6) is 0 Å². The Morgan fingerprint density at radius 3 is 2.26 bits per heavy atom. The number of aliphatic hydroxyl groups is 1. The third-order valence-electron chi connectivity index (χ3n) is 13.5. The number of urea groups is 1. The molecule has 53 heavy (non-hydrogen) atoms. The van der Waals surface area contributed by atoms with Crippen LogP contribution >= 0.6 is 0 Å². The number of hydrogen-bond acceptors (Lipinski definition) is 7. The van der Waals surface area contributed by atoms with Crippen molar-refractivity contribution in [3.63, 3.8) is 0 Å². The molecule has 4 saturated carbocycles. The van der Waals surface area contributed by atoms with Crippen LogP contribution in [-0.4, -0.2) is 65.4 Å². The highest BCUT2D eigenvalue weighted by atomic mass is 16.7. The fourth-order valence-corrected chi connectivity index (χ4v) is 11.2. The Bertz CT molecular complexity index is 1760. The van der Waals surface area contributed by atoms with E-state index < -0.39 is 11.8 Å². The van der Waals surface area contributed by atoms with E-state index in [0.717, 1.165) is 91.0 Å². The summed E-state index contributed by atoms with van der Waals surface area (Å²) < 4.78 is 13.6. The molecule has 3 heterocycles. The van der Waals surface area contributed by atoms with E-state index in [1.54, 1.807) is 0 Å². The van der Waals surface area contributed by atoms with Gasteiger partial charge >= 0.3 is 6.03 Å². The molecule has 1 spiro atoms. The Morgan fingerprint density at radius 1 is 0.887 bits per heavy atom. The largest absolute Gasteiger partial charge is 0.392 e. The minimum absolute atomic E-state index is 0.0118. The second kappa shape index (κ2) is 14.0. The molecular weight excluding hydrogens is 667 g/mol. The Balaban J connectivity index is 0.908. The fourth-order valence-electron chi connectivity index (χ4n) is 11.2. The number of aliphatic hydroxyl groups excluding tert-OH is 1. The number of nitrogens with one attached hydrogen (secondary N) is 3. The topological polar surface area (TPSA) is 115 Å². The smallest absolute Gasteiger partial charge is 0.319 e. The maximum Gasteiger partial charge on any atom is 0.319 e. The van der Waals surface area contributed by atoms with Crippen molar-refractivity contribution in [1.29, 1.82) is 0 Å². The predicted octanol–water partition coefficient (Wildman–Crippen LogP) is 6.49. The zero-order valence-electron chi connectivity index (χ0n) is 30.7. The first-order chi connectivity index (χ1) is 25.8. The van der Waals surface area contributed by atoms with Gasteiger partial charge in [0, 0.05) is 48.0 Å². The van der Waals surface area contributed by atoms with E-state index in [9.17, 15) is 14.7 Å². The van der Waals surface area contributed by atoms with Crippen LogP contribution in [0.2, 0.25) is 0 Å². The molecule has 4 bridgehead atoms. The third-order valence-corrected chi connectivity index (χ3v) is 13.5. The lowest BCUT2D eigenvalue weighted by molar-refractivity contribution is -0.276. The molecule has 10 nitrogen and oxygen atoms in total. The van der Waals surface area contributed by atoms with Gasteiger partial charge in [0.25, 0.3) is 0 Å². The van der Waals surface area contributed by atoms with Crippen molar-refractivity contribution in [3.8, 4) is 0 Å². The number of rotatable bonds is 8. The molecule has 7 fully saturated rings. The summed E-state index contributed by atoms with van der Waals surface area (Å²) >= 11 is 0. The van der Waals surface area contributed by atoms with E-state index >= 15 is 0 Å². The number of piperidine rings is 1. The number of carbonyl (C=O) groups is 2. The summed E-state index contributed by atoms with van der Waals surface area (Å²) in [6.45, 7) is 4.97. The van der Waals surface area contributed by atoms with Crippen LogP contribution in [0.25, 0.3) is 0 Å². The van der Waals surface area contributed by atoms with E-state index in [0.29, 0.717) is 13.2 Å². The fraction of sp³-hybridized carbons (Fsp3) is 0.535. The van der Waals surface area contributed by atoms with E-state index in [-0.39, 0.29) is 42.2 Å². The highest BCUT2D eigenvalue weighted by molar-refractivity contribution is 5.93. The maximum atomic E-state index is 13.5. The molecule has 10 rings (SSSR count). The van der Waals surface area contributed by atoms with Crippen molar-refractivity contribution in [2.24, 2.45) is 23.7 Å². The number of amides is 3. The molecule has 4 aliphatic carbocycles. The molecule has 3 amide bonds. The first-order valence-corrected chi connectivity index (χ1v) is 19.8. The monoisotopic (exact) mass is 719 g/mol. The molecule has 280 valence electrons. The third kappa shape index (κ3) is 6.73. The summed E-state index contributed by atoms with van der Waals surface area (Å²) in [6, 6.07) is 25.9. The van der Waals surface area contributed by atoms with Gasteiger partial charge in [-0.15, -0.1) is 0 Å². The van der Waals surface area contributed by atoms with Gasteiger partial charge in [-0.05, 0) is 105 Å². The molecule has 4 N–H and O–H groups in total. The molecule has 10 heteroatoms. The van der Waals surface area contributed by atoms with Gasteiger partial charge in [0.05, 0.1) is 25.5 Å². The van der Waals surface area contributed by atoms with Crippen molar-refractivity contribution >= 4 is 23.3 Å². The number of nitrogens with zero attached hydrogens (tertiary/aromatic N) is 2. The van der Waals surface area contributed by atoms with Crippen LogP contribution < -0.4 is 20.9 Å². The lowest BCUT2D eigenvalue weighted by Crippen LogP contribution is -2.60. The van der Waals surface area contributed by atoms with Gasteiger partial charge < -0.3 is 40.3 Å². The minimum Gasteiger partial charge on any atom is -0.392 e. The Morgan fingerprint density at radius 2 is 1.58 bits per heavy atom. The number of ether oxygens (including phenoxy) is 2. The van der Waals surface area contributed by atoms with Gasteiger partial charge in [-0.2, -0.15) is 0 Å². The predicted molar refractivity (Wildman–Crippen MR) is 203 cm³/mol. The van der Waals surface area contributed by atoms with Crippen molar-refractivity contribution in [2.45, 2.75) is 94.5 Å². The molecular formula is C43H53N5O5. The van der Waals surface area contributed by atoms with Crippen LogP contribution in [0.1, 0.15) is 87.4 Å². The average molecular weight is 720 g/mol. The van der Waals surface area contributed by atoms with Gasteiger partial charge in [0.2, 0.25) is 5.91 Å². The summed E-state index contributed by atoms with van der Waals surface area (Å²) in [6.07, 6.45) is 7.75. The highest BCUT2D eigenvalue weighted by Gasteiger charge is 2.52. The lowest BCUT2D eigenvalue weighted by Gasteiger charge is -2.56. The van der Waals surface area contributed by atoms with Crippen LogP contribution in [0.4, 0.5) is 16.2 Å². The second-order valence-corrected chi connectivity index (χ2v) is 17.0. The number of anilines is 2. The second-order valence-electron chi connectivity index (χ2n) is 17.0. The van der Waals surface area contributed by atoms with Crippen molar-refractivity contribution in [2.75, 3.05) is 36.5 Å². The van der Waals surface area contributed by atoms with Crippen molar-refractivity contribution in [1.82, 2.24) is 15.5 Å². The van der Waals surface area contributed by atoms with Gasteiger partial charge in [-0.3, -0.25) is 4.79 Å². The average Bonchev–Trinajstić information content (AvgIpc) is 3.47. The van der Waals surface area contributed by atoms with E-state index in [1.165, 1.54) is 19.3 Å². The zero-order valence-corrected chi connectivity index (χ0v) is 30.7. The number of para-hydroxylation sites is 1. The number of benzene rings is 3. The van der Waals surface area contributed by atoms with Crippen molar-refractivity contribution < 1.29 is 24.2 Å². The van der Waals surface area contributed by atoms with E-state index in [4.69, 9.17) is 9.47 Å². The molecule has 0 unspecified atom stereocenters. The SMILES string of the molecule is C[C@H]1[C@@H](CN2CCC3(CC2)C(=O)NCN3c2ccccc2)O[C@@H](c2cccc(NC(=O)NC34CC5CC(CC(C5)C3)C4)c2)O[C@H]1c1ccc(CO)cc1. The molecule has 0 aromatic heterocycles. The van der Waals surface area contributed by atoms with Gasteiger partial charge in [-0.1, -0.05) is 61.5 Å². The number of carbonyl (C=O) groups excluding carboxylic acids is 2. The lowest BCUT2D eigenvalue weighted by atomic mass is 9.53. The van der Waals surface area contributed by atoms with E-state index in [2.05, 4.69) is 44.8 Å². The summed E-state index contributed by atoms with van der Waals surface area (Å²) in [7, 11) is 0. The highest BCUT2D eigenvalue weighted by Crippen LogP contribution is 2.55. The summed E-state index contributed by atoms with van der Waals surface area (Å²) in [5, 5.41) is 19.4. The van der Waals surface area contributed by atoms with Crippen LogP contribution in [-0.2, 0) is 20.9 Å². The first kappa shape index (κ1) is 34.8. The van der Waals surface area contributed by atoms with Crippen LogP contribution in [0.3, 0.4) is 0 Å². The Hall–Kier alpha value is -3.96. The number of likely N-dealkylation sites (tertiary alicyclic amines) is 1. The van der Waals surface area contributed by atoms with Crippen LogP contribution in [0, 0.1) is 23.7 Å². The first-order valence-electron chi connectivity index (χ1n) is 19.8. The molecule has 7 aliphatic rings. The number of hydrogen-bond donors (Lipinski definition) is 4. The minimum atomic E-state index is -0.642. The van der Waals surface area contributed by atoms with E-state index in [1.807, 2.05) is 66.7 Å². The molecule has 3 aromatic rings. The summed E-state index contributed by atoms with van der Waals surface area (Å²) in [5.41, 5.74) is 3.92. The van der Waals surface area contributed by atoms with Gasteiger partial charge in [0.15, 0.2) is 6.29 Å². The molecule has 3 aliphatic heterocycles. The van der Waals surface area contributed by atoms with Crippen molar-refractivity contribution in [3.05, 3.63) is 95.6 Å². The summed E-state index contributed by atoms with van der Waals surface area (Å²) in [4.78, 5) is 31.5. The maximum absolute atomic E-state index is 13.5. The molecule has 3 saturated heterocycles.